The van der Waals surface area contributed by atoms with Gasteiger partial charge < -0.3 is 10.6 Å². The van der Waals surface area contributed by atoms with E-state index in [2.05, 4.69) is 11.8 Å². The standard InChI is InChI=1S/C16H25FN2/c1-2-4-13-5-3-9-19(10-8-13)15-7-6-14(12-18)16(17)11-15/h6-7,11,13H,2-5,8-10,12,18H2,1H3. The van der Waals surface area contributed by atoms with Crippen molar-refractivity contribution in [3.05, 3.63) is 29.6 Å². The van der Waals surface area contributed by atoms with E-state index in [0.717, 1.165) is 24.7 Å². The SMILES string of the molecule is CCCC1CCCN(c2ccc(CN)c(F)c2)CC1. The van der Waals surface area contributed by atoms with Crippen molar-refractivity contribution in [3.63, 3.8) is 0 Å². The molecule has 1 aromatic carbocycles. The van der Waals surface area contributed by atoms with Crippen molar-refractivity contribution >= 4 is 5.69 Å². The molecule has 2 nitrogen and oxygen atoms in total. The first-order valence-electron chi connectivity index (χ1n) is 7.48. The molecule has 2 rings (SSSR count). The highest BCUT2D eigenvalue weighted by molar-refractivity contribution is 5.48. The van der Waals surface area contributed by atoms with E-state index in [0.29, 0.717) is 5.56 Å². The molecular formula is C16H25FN2. The molecule has 1 aliphatic heterocycles. The summed E-state index contributed by atoms with van der Waals surface area (Å²) in [5, 5.41) is 0. The van der Waals surface area contributed by atoms with Crippen LogP contribution in [0.1, 0.15) is 44.6 Å². The Labute approximate surface area is 115 Å². The fourth-order valence-electron chi connectivity index (χ4n) is 3.02. The average molecular weight is 264 g/mol. The zero-order chi connectivity index (χ0) is 13.7. The Morgan fingerprint density at radius 2 is 2.16 bits per heavy atom. The average Bonchev–Trinajstić information content (AvgIpc) is 2.65. The van der Waals surface area contributed by atoms with Crippen molar-refractivity contribution in [3.8, 4) is 0 Å². The maximum absolute atomic E-state index is 13.8. The quantitative estimate of drug-likeness (QED) is 0.898. The van der Waals surface area contributed by atoms with Crippen LogP contribution in [0.3, 0.4) is 0 Å². The van der Waals surface area contributed by atoms with Crippen molar-refractivity contribution in [2.45, 2.75) is 45.6 Å². The van der Waals surface area contributed by atoms with E-state index in [1.807, 2.05) is 12.1 Å². The second kappa shape index (κ2) is 6.90. The number of rotatable bonds is 4. The number of anilines is 1. The second-order valence-corrected chi connectivity index (χ2v) is 5.55. The first-order valence-corrected chi connectivity index (χ1v) is 7.48. The lowest BCUT2D eigenvalue weighted by molar-refractivity contribution is 0.435. The third-order valence-electron chi connectivity index (χ3n) is 4.17. The number of hydrogen-bond donors (Lipinski definition) is 1. The normalized spacial score (nSPS) is 20.4. The maximum atomic E-state index is 13.8. The number of nitrogens with zero attached hydrogens (tertiary/aromatic N) is 1. The summed E-state index contributed by atoms with van der Waals surface area (Å²) in [7, 11) is 0. The molecule has 1 unspecified atom stereocenters. The smallest absolute Gasteiger partial charge is 0.129 e. The fraction of sp³-hybridized carbons (Fsp3) is 0.625. The molecule has 1 fully saturated rings. The first-order chi connectivity index (χ1) is 9.24. The maximum Gasteiger partial charge on any atom is 0.129 e. The molecule has 1 saturated heterocycles. The van der Waals surface area contributed by atoms with Crippen LogP contribution < -0.4 is 10.6 Å². The van der Waals surface area contributed by atoms with Crippen LogP contribution in [-0.2, 0) is 6.54 Å². The van der Waals surface area contributed by atoms with E-state index in [1.54, 1.807) is 6.07 Å². The summed E-state index contributed by atoms with van der Waals surface area (Å²) in [6, 6.07) is 5.47. The molecule has 1 aromatic rings. The highest BCUT2D eigenvalue weighted by Gasteiger charge is 2.17. The minimum atomic E-state index is -0.172. The van der Waals surface area contributed by atoms with E-state index in [9.17, 15) is 4.39 Å². The Morgan fingerprint density at radius 3 is 2.84 bits per heavy atom. The predicted molar refractivity (Wildman–Crippen MR) is 78.8 cm³/mol. The molecule has 3 heteroatoms. The zero-order valence-electron chi connectivity index (χ0n) is 11.9. The second-order valence-electron chi connectivity index (χ2n) is 5.55. The van der Waals surface area contributed by atoms with Crippen molar-refractivity contribution in [2.75, 3.05) is 18.0 Å². The third-order valence-corrected chi connectivity index (χ3v) is 4.17. The molecule has 0 bridgehead atoms. The van der Waals surface area contributed by atoms with Crippen molar-refractivity contribution in [2.24, 2.45) is 11.7 Å². The molecule has 0 radical (unpaired) electrons. The molecule has 106 valence electrons. The summed E-state index contributed by atoms with van der Waals surface area (Å²) in [4.78, 5) is 2.32. The van der Waals surface area contributed by atoms with Crippen LogP contribution in [0.4, 0.5) is 10.1 Å². The predicted octanol–water partition coefficient (Wildman–Crippen LogP) is 3.69. The Bertz CT molecular complexity index is 406. The van der Waals surface area contributed by atoms with Gasteiger partial charge in [-0.05, 0) is 37.3 Å². The van der Waals surface area contributed by atoms with Gasteiger partial charge in [-0.15, -0.1) is 0 Å². The molecule has 0 amide bonds. The summed E-state index contributed by atoms with van der Waals surface area (Å²) in [6.07, 6.45) is 6.35. The van der Waals surface area contributed by atoms with Crippen LogP contribution in [0.25, 0.3) is 0 Å². The van der Waals surface area contributed by atoms with Crippen LogP contribution >= 0.6 is 0 Å². The molecule has 0 aromatic heterocycles. The minimum absolute atomic E-state index is 0.172. The van der Waals surface area contributed by atoms with Crippen molar-refractivity contribution in [1.82, 2.24) is 0 Å². The molecule has 1 heterocycles. The summed E-state index contributed by atoms with van der Waals surface area (Å²) in [5.74, 6) is 0.678. The lowest BCUT2D eigenvalue weighted by atomic mass is 9.96. The molecule has 2 N–H and O–H groups in total. The zero-order valence-corrected chi connectivity index (χ0v) is 11.9. The van der Waals surface area contributed by atoms with Gasteiger partial charge in [0.1, 0.15) is 5.82 Å². The number of nitrogens with two attached hydrogens (primary N) is 1. The molecule has 0 aliphatic carbocycles. The minimum Gasteiger partial charge on any atom is -0.371 e. The van der Waals surface area contributed by atoms with Gasteiger partial charge >= 0.3 is 0 Å². The third kappa shape index (κ3) is 3.69. The van der Waals surface area contributed by atoms with Gasteiger partial charge in [-0.3, -0.25) is 0 Å². The van der Waals surface area contributed by atoms with Crippen LogP contribution in [-0.4, -0.2) is 13.1 Å². The summed E-state index contributed by atoms with van der Waals surface area (Å²) < 4.78 is 13.8. The van der Waals surface area contributed by atoms with Crippen molar-refractivity contribution < 1.29 is 4.39 Å². The highest BCUT2D eigenvalue weighted by atomic mass is 19.1. The first kappa shape index (κ1) is 14.3. The molecule has 0 spiro atoms. The molecular weight excluding hydrogens is 239 g/mol. The van der Waals surface area contributed by atoms with Gasteiger partial charge in [-0.25, -0.2) is 4.39 Å². The van der Waals surface area contributed by atoms with Gasteiger partial charge in [-0.2, -0.15) is 0 Å². The van der Waals surface area contributed by atoms with Crippen molar-refractivity contribution in [1.29, 1.82) is 0 Å². The summed E-state index contributed by atoms with van der Waals surface area (Å²) in [6.45, 7) is 4.61. The van der Waals surface area contributed by atoms with Gasteiger partial charge in [-0.1, -0.05) is 25.8 Å². The van der Waals surface area contributed by atoms with E-state index >= 15 is 0 Å². The lowest BCUT2D eigenvalue weighted by Gasteiger charge is -2.23. The van der Waals surface area contributed by atoms with Crippen LogP contribution in [0.2, 0.25) is 0 Å². The molecule has 0 saturated carbocycles. The van der Waals surface area contributed by atoms with E-state index in [4.69, 9.17) is 5.73 Å². The largest absolute Gasteiger partial charge is 0.371 e. The van der Waals surface area contributed by atoms with Crippen LogP contribution in [0.15, 0.2) is 18.2 Å². The van der Waals surface area contributed by atoms with Crippen LogP contribution in [0.5, 0.6) is 0 Å². The molecule has 19 heavy (non-hydrogen) atoms. The van der Waals surface area contributed by atoms with Gasteiger partial charge in [0, 0.05) is 30.9 Å². The number of halogens is 1. The Balaban J connectivity index is 2.03. The molecule has 1 aliphatic rings. The Hall–Kier alpha value is -1.09. The lowest BCUT2D eigenvalue weighted by Crippen LogP contribution is -2.24. The van der Waals surface area contributed by atoms with E-state index < -0.39 is 0 Å². The monoisotopic (exact) mass is 264 g/mol. The Morgan fingerprint density at radius 1 is 1.32 bits per heavy atom. The fourth-order valence-corrected chi connectivity index (χ4v) is 3.02. The topological polar surface area (TPSA) is 29.3 Å². The van der Waals surface area contributed by atoms with Crippen LogP contribution in [0, 0.1) is 11.7 Å². The number of hydrogen-bond acceptors (Lipinski definition) is 2. The Kier molecular flexibility index (Phi) is 5.20. The van der Waals surface area contributed by atoms with E-state index in [-0.39, 0.29) is 12.4 Å². The summed E-state index contributed by atoms with van der Waals surface area (Å²) in [5.41, 5.74) is 7.11. The molecule has 1 atom stereocenters. The summed E-state index contributed by atoms with van der Waals surface area (Å²) >= 11 is 0. The van der Waals surface area contributed by atoms with Gasteiger partial charge in [0.25, 0.3) is 0 Å². The van der Waals surface area contributed by atoms with Gasteiger partial charge in [0.15, 0.2) is 0 Å². The van der Waals surface area contributed by atoms with E-state index in [1.165, 1.54) is 32.1 Å². The van der Waals surface area contributed by atoms with Gasteiger partial charge in [0.05, 0.1) is 0 Å². The van der Waals surface area contributed by atoms with Gasteiger partial charge in [0.2, 0.25) is 0 Å². The highest BCUT2D eigenvalue weighted by Crippen LogP contribution is 2.26. The number of benzene rings is 1.